The monoisotopic (exact) mass is 279 g/mol. The smallest absolute Gasteiger partial charge is 0.310 e. The SMILES string of the molecule is CCOC(=O)Cc1c(OC)cc(Cl)nc1C(F)F. The number of carbonyl (C=O) groups is 1. The minimum Gasteiger partial charge on any atom is -0.496 e. The van der Waals surface area contributed by atoms with Crippen molar-refractivity contribution in [2.24, 2.45) is 0 Å². The van der Waals surface area contributed by atoms with Crippen molar-refractivity contribution in [2.45, 2.75) is 19.8 Å². The van der Waals surface area contributed by atoms with Crippen LogP contribution >= 0.6 is 11.6 Å². The summed E-state index contributed by atoms with van der Waals surface area (Å²) in [5.74, 6) is -0.528. The molecule has 1 rings (SSSR count). The van der Waals surface area contributed by atoms with Gasteiger partial charge in [0.05, 0.1) is 20.1 Å². The highest BCUT2D eigenvalue weighted by Crippen LogP contribution is 2.31. The number of esters is 1. The van der Waals surface area contributed by atoms with Crippen LogP contribution in [0.2, 0.25) is 5.15 Å². The lowest BCUT2D eigenvalue weighted by atomic mass is 10.1. The third-order valence-electron chi connectivity index (χ3n) is 2.14. The highest BCUT2D eigenvalue weighted by Gasteiger charge is 2.22. The molecule has 0 aromatic carbocycles. The van der Waals surface area contributed by atoms with Crippen molar-refractivity contribution in [3.8, 4) is 5.75 Å². The first kappa shape index (κ1) is 14.6. The van der Waals surface area contributed by atoms with Crippen LogP contribution in [0, 0.1) is 0 Å². The molecule has 0 atom stereocenters. The lowest BCUT2D eigenvalue weighted by Crippen LogP contribution is -2.12. The van der Waals surface area contributed by atoms with Gasteiger partial charge in [0.25, 0.3) is 6.43 Å². The molecule has 1 heterocycles. The molecule has 0 saturated heterocycles. The van der Waals surface area contributed by atoms with Crippen LogP contribution in [0.25, 0.3) is 0 Å². The van der Waals surface area contributed by atoms with Gasteiger partial charge < -0.3 is 9.47 Å². The summed E-state index contributed by atoms with van der Waals surface area (Å²) >= 11 is 5.60. The summed E-state index contributed by atoms with van der Waals surface area (Å²) in [6.45, 7) is 1.80. The summed E-state index contributed by atoms with van der Waals surface area (Å²) in [7, 11) is 1.30. The van der Waals surface area contributed by atoms with E-state index in [0.717, 1.165) is 0 Å². The summed E-state index contributed by atoms with van der Waals surface area (Å²) in [5.41, 5.74) is -0.567. The average Bonchev–Trinajstić information content (AvgIpc) is 2.30. The first-order valence-electron chi connectivity index (χ1n) is 5.16. The van der Waals surface area contributed by atoms with Crippen molar-refractivity contribution in [1.29, 1.82) is 0 Å². The van der Waals surface area contributed by atoms with Gasteiger partial charge in [-0.05, 0) is 6.92 Å². The Bertz CT molecular complexity index is 441. The van der Waals surface area contributed by atoms with E-state index in [1.54, 1.807) is 6.92 Å². The number of hydrogen-bond acceptors (Lipinski definition) is 4. The number of hydrogen-bond donors (Lipinski definition) is 0. The Hall–Kier alpha value is -1.43. The van der Waals surface area contributed by atoms with Gasteiger partial charge >= 0.3 is 5.97 Å². The number of aromatic nitrogens is 1. The van der Waals surface area contributed by atoms with Crippen molar-refractivity contribution in [1.82, 2.24) is 4.98 Å². The molecule has 4 nitrogen and oxygen atoms in total. The number of pyridine rings is 1. The molecule has 1 aromatic rings. The number of ether oxygens (including phenoxy) is 2. The molecule has 0 radical (unpaired) electrons. The molecule has 0 saturated carbocycles. The van der Waals surface area contributed by atoms with Crippen LogP contribution in [0.4, 0.5) is 8.78 Å². The van der Waals surface area contributed by atoms with E-state index < -0.39 is 18.1 Å². The number of rotatable bonds is 5. The second-order valence-corrected chi connectivity index (χ2v) is 3.68. The first-order chi connectivity index (χ1) is 8.49. The molecular formula is C11H12ClF2NO3. The normalized spacial score (nSPS) is 10.6. The Labute approximate surface area is 108 Å². The van der Waals surface area contributed by atoms with E-state index in [9.17, 15) is 13.6 Å². The minimum atomic E-state index is -2.85. The van der Waals surface area contributed by atoms with E-state index in [2.05, 4.69) is 4.98 Å². The van der Waals surface area contributed by atoms with E-state index in [1.807, 2.05) is 0 Å². The largest absolute Gasteiger partial charge is 0.496 e. The molecule has 100 valence electrons. The van der Waals surface area contributed by atoms with Crippen LogP contribution < -0.4 is 4.74 Å². The lowest BCUT2D eigenvalue weighted by molar-refractivity contribution is -0.142. The zero-order valence-corrected chi connectivity index (χ0v) is 10.6. The maximum atomic E-state index is 12.8. The van der Waals surface area contributed by atoms with E-state index >= 15 is 0 Å². The zero-order valence-electron chi connectivity index (χ0n) is 9.87. The molecule has 0 spiro atoms. The average molecular weight is 280 g/mol. The van der Waals surface area contributed by atoms with Crippen molar-refractivity contribution in [2.75, 3.05) is 13.7 Å². The van der Waals surface area contributed by atoms with Gasteiger partial charge in [-0.1, -0.05) is 11.6 Å². The molecule has 0 fully saturated rings. The first-order valence-corrected chi connectivity index (χ1v) is 5.54. The summed E-state index contributed by atoms with van der Waals surface area (Å²) < 4.78 is 35.3. The maximum Gasteiger partial charge on any atom is 0.310 e. The summed E-state index contributed by atoms with van der Waals surface area (Å²) in [6, 6.07) is 1.28. The van der Waals surface area contributed by atoms with Crippen LogP contribution in [-0.4, -0.2) is 24.7 Å². The fourth-order valence-corrected chi connectivity index (χ4v) is 1.62. The van der Waals surface area contributed by atoms with Crippen LogP contribution in [0.15, 0.2) is 6.07 Å². The van der Waals surface area contributed by atoms with Crippen LogP contribution in [0.5, 0.6) is 5.75 Å². The summed E-state index contributed by atoms with van der Waals surface area (Å²) in [4.78, 5) is 14.9. The molecule has 0 aliphatic rings. The van der Waals surface area contributed by atoms with Crippen LogP contribution in [-0.2, 0) is 16.0 Å². The Balaban J connectivity index is 3.16. The Morgan fingerprint density at radius 3 is 2.72 bits per heavy atom. The molecule has 0 amide bonds. The number of nitrogens with zero attached hydrogens (tertiary/aromatic N) is 1. The van der Waals surface area contributed by atoms with Crippen LogP contribution in [0.3, 0.4) is 0 Å². The van der Waals surface area contributed by atoms with Gasteiger partial charge in [0, 0.05) is 11.6 Å². The molecule has 0 unspecified atom stereocenters. The summed E-state index contributed by atoms with van der Waals surface area (Å²) in [5, 5.41) is -0.116. The topological polar surface area (TPSA) is 48.4 Å². The van der Waals surface area contributed by atoms with Crippen LogP contribution in [0.1, 0.15) is 24.6 Å². The molecule has 18 heavy (non-hydrogen) atoms. The molecule has 0 aliphatic heterocycles. The molecule has 0 bridgehead atoms. The Morgan fingerprint density at radius 2 is 2.22 bits per heavy atom. The third kappa shape index (κ3) is 3.53. The number of carbonyl (C=O) groups excluding carboxylic acids is 1. The highest BCUT2D eigenvalue weighted by molar-refractivity contribution is 6.29. The fourth-order valence-electron chi connectivity index (χ4n) is 1.43. The Kier molecular flexibility index (Phi) is 5.27. The zero-order chi connectivity index (χ0) is 13.7. The van der Waals surface area contributed by atoms with Gasteiger partial charge in [-0.2, -0.15) is 0 Å². The van der Waals surface area contributed by atoms with Gasteiger partial charge in [0.1, 0.15) is 16.6 Å². The highest BCUT2D eigenvalue weighted by atomic mass is 35.5. The predicted molar refractivity (Wildman–Crippen MR) is 61.1 cm³/mol. The molecular weight excluding hydrogens is 268 g/mol. The van der Waals surface area contributed by atoms with E-state index in [0.29, 0.717) is 0 Å². The quantitative estimate of drug-likeness (QED) is 0.614. The molecule has 1 aromatic heterocycles. The molecule has 0 N–H and O–H groups in total. The Morgan fingerprint density at radius 1 is 1.56 bits per heavy atom. The summed E-state index contributed by atoms with van der Waals surface area (Å²) in [6.07, 6.45) is -3.18. The molecule has 7 heteroatoms. The van der Waals surface area contributed by atoms with Crippen molar-refractivity contribution < 1.29 is 23.0 Å². The number of alkyl halides is 2. The van der Waals surface area contributed by atoms with Gasteiger partial charge in [-0.3, -0.25) is 4.79 Å². The van der Waals surface area contributed by atoms with E-state index in [1.165, 1.54) is 13.2 Å². The van der Waals surface area contributed by atoms with Gasteiger partial charge in [0.2, 0.25) is 0 Å². The second-order valence-electron chi connectivity index (χ2n) is 3.29. The van der Waals surface area contributed by atoms with Gasteiger partial charge in [0.15, 0.2) is 0 Å². The number of halogens is 3. The lowest BCUT2D eigenvalue weighted by Gasteiger charge is -2.12. The predicted octanol–water partition coefficient (Wildman–Crippen LogP) is 2.79. The number of methoxy groups -OCH3 is 1. The van der Waals surface area contributed by atoms with E-state index in [4.69, 9.17) is 21.1 Å². The maximum absolute atomic E-state index is 12.8. The van der Waals surface area contributed by atoms with Crippen molar-refractivity contribution >= 4 is 17.6 Å². The fraction of sp³-hybridized carbons (Fsp3) is 0.455. The second kappa shape index (κ2) is 6.49. The third-order valence-corrected chi connectivity index (χ3v) is 2.33. The molecule has 0 aliphatic carbocycles. The minimum absolute atomic E-state index is 0.00431. The van der Waals surface area contributed by atoms with E-state index in [-0.39, 0.29) is 29.5 Å². The standard InChI is InChI=1S/C11H12ClF2NO3/c1-3-18-9(16)4-6-7(17-2)5-8(12)15-10(6)11(13)14/h5,11H,3-4H2,1-2H3. The van der Waals surface area contributed by atoms with Crippen molar-refractivity contribution in [3.63, 3.8) is 0 Å². The van der Waals surface area contributed by atoms with Gasteiger partial charge in [-0.15, -0.1) is 0 Å². The van der Waals surface area contributed by atoms with Crippen molar-refractivity contribution in [3.05, 3.63) is 22.5 Å². The van der Waals surface area contributed by atoms with Gasteiger partial charge in [-0.25, -0.2) is 13.8 Å².